The average Bonchev–Trinajstić information content (AvgIpc) is 2.93. The molecule has 6 N–H and O–H groups in total. The number of aliphatic hydroxyl groups is 2. The zero-order valence-electron chi connectivity index (χ0n) is 13.3. The molecule has 1 aliphatic rings. The fraction of sp³-hybridized carbons (Fsp3) is 0.500. The summed E-state index contributed by atoms with van der Waals surface area (Å²) in [5.41, 5.74) is 4.97. The summed E-state index contributed by atoms with van der Waals surface area (Å²) in [5.74, 6) is -0.882. The van der Waals surface area contributed by atoms with Gasteiger partial charge in [-0.25, -0.2) is 0 Å². The van der Waals surface area contributed by atoms with Gasteiger partial charge < -0.3 is 31.3 Å². The molecule has 24 heavy (non-hydrogen) atoms. The Hall–Kier alpha value is -2.00. The number of anilines is 1. The van der Waals surface area contributed by atoms with Crippen LogP contribution in [-0.4, -0.2) is 60.0 Å². The fourth-order valence-corrected chi connectivity index (χ4v) is 2.58. The Bertz CT molecular complexity index is 587. The molecule has 8 nitrogen and oxygen atoms in total. The Morgan fingerprint density at radius 3 is 2.88 bits per heavy atom. The van der Waals surface area contributed by atoms with E-state index in [2.05, 4.69) is 10.6 Å². The average molecular weight is 337 g/mol. The number of hydrogen-bond donors (Lipinski definition) is 5. The molecule has 0 aromatic heterocycles. The maximum absolute atomic E-state index is 11.8. The summed E-state index contributed by atoms with van der Waals surface area (Å²) >= 11 is 0. The number of rotatable bonds is 8. The Labute approximate surface area is 140 Å². The van der Waals surface area contributed by atoms with Crippen LogP contribution in [-0.2, 0) is 9.53 Å². The van der Waals surface area contributed by atoms with Gasteiger partial charge in [-0.3, -0.25) is 9.59 Å². The molecule has 1 aromatic rings. The number of carbonyl (C=O) groups excluding carboxylic acids is 2. The minimum Gasteiger partial charge on any atom is -0.392 e. The molecule has 0 saturated carbocycles. The molecule has 2 unspecified atom stereocenters. The first-order valence-electron chi connectivity index (χ1n) is 7.77. The molecule has 0 spiro atoms. The molecule has 2 atom stereocenters. The number of nitrogens with one attached hydrogen (secondary N) is 2. The first-order valence-corrected chi connectivity index (χ1v) is 7.77. The summed E-state index contributed by atoms with van der Waals surface area (Å²) in [6, 6.07) is 6.32. The molecule has 8 heteroatoms. The van der Waals surface area contributed by atoms with Crippen LogP contribution in [0.2, 0.25) is 0 Å². The third kappa shape index (κ3) is 5.57. The van der Waals surface area contributed by atoms with Crippen molar-refractivity contribution in [3.8, 4) is 0 Å². The van der Waals surface area contributed by atoms with E-state index < -0.39 is 17.6 Å². The van der Waals surface area contributed by atoms with Crippen molar-refractivity contribution in [2.45, 2.75) is 24.5 Å². The molecular weight excluding hydrogens is 314 g/mol. The van der Waals surface area contributed by atoms with Crippen molar-refractivity contribution < 1.29 is 24.5 Å². The molecule has 1 heterocycles. The van der Waals surface area contributed by atoms with E-state index in [4.69, 9.17) is 10.5 Å². The number of nitrogens with two attached hydrogens (primary N) is 1. The summed E-state index contributed by atoms with van der Waals surface area (Å²) in [6.07, 6.45) is -0.0778. The monoisotopic (exact) mass is 337 g/mol. The largest absolute Gasteiger partial charge is 0.392 e. The first kappa shape index (κ1) is 18.3. The van der Waals surface area contributed by atoms with E-state index in [-0.39, 0.29) is 32.0 Å². The highest BCUT2D eigenvalue weighted by molar-refractivity contribution is 5.96. The highest BCUT2D eigenvalue weighted by Gasteiger charge is 2.34. The van der Waals surface area contributed by atoms with Gasteiger partial charge in [0.2, 0.25) is 11.8 Å². The van der Waals surface area contributed by atoms with Crippen LogP contribution in [0.4, 0.5) is 5.69 Å². The van der Waals surface area contributed by atoms with Crippen LogP contribution < -0.4 is 16.4 Å². The number of aliphatic hydroxyl groups excluding tert-OH is 1. The maximum Gasteiger partial charge on any atom is 0.248 e. The smallest absolute Gasteiger partial charge is 0.248 e. The van der Waals surface area contributed by atoms with Crippen LogP contribution in [0.5, 0.6) is 0 Å². The molecule has 1 fully saturated rings. The molecule has 2 rings (SSSR count). The lowest BCUT2D eigenvalue weighted by Crippen LogP contribution is -2.40. The lowest BCUT2D eigenvalue weighted by Gasteiger charge is -2.23. The van der Waals surface area contributed by atoms with Crippen LogP contribution in [0.25, 0.3) is 0 Å². The standard InChI is InChI=1S/C16H23N3O5/c17-15(22)11-2-1-3-12(6-11)19-14(21)9-18-8-13(20)7-16(23)4-5-24-10-16/h1-3,6,13,18,20,23H,4-5,7-10H2,(H2,17,22)(H,19,21). The number of ether oxygens (including phenoxy) is 1. The minimum absolute atomic E-state index is 0.00716. The van der Waals surface area contributed by atoms with E-state index >= 15 is 0 Å². The first-order chi connectivity index (χ1) is 11.4. The number of amides is 2. The van der Waals surface area contributed by atoms with Crippen LogP contribution in [0.15, 0.2) is 24.3 Å². The zero-order valence-corrected chi connectivity index (χ0v) is 13.3. The van der Waals surface area contributed by atoms with Gasteiger partial charge in [0.1, 0.15) is 0 Å². The molecule has 1 aromatic carbocycles. The topological polar surface area (TPSA) is 134 Å². The molecule has 0 bridgehead atoms. The Balaban J connectivity index is 1.71. The van der Waals surface area contributed by atoms with Gasteiger partial charge in [0, 0.05) is 37.2 Å². The molecular formula is C16H23N3O5. The summed E-state index contributed by atoms with van der Waals surface area (Å²) in [7, 11) is 0. The second-order valence-electron chi connectivity index (χ2n) is 6.01. The Morgan fingerprint density at radius 2 is 2.21 bits per heavy atom. The van der Waals surface area contributed by atoms with Crippen molar-refractivity contribution >= 4 is 17.5 Å². The van der Waals surface area contributed by atoms with Gasteiger partial charge in [-0.2, -0.15) is 0 Å². The predicted molar refractivity (Wildman–Crippen MR) is 87.5 cm³/mol. The van der Waals surface area contributed by atoms with Crippen LogP contribution in [0, 0.1) is 0 Å². The molecule has 0 aliphatic carbocycles. The number of carbonyl (C=O) groups is 2. The van der Waals surface area contributed by atoms with Gasteiger partial charge in [0.25, 0.3) is 0 Å². The van der Waals surface area contributed by atoms with Gasteiger partial charge in [-0.05, 0) is 18.2 Å². The maximum atomic E-state index is 11.8. The van der Waals surface area contributed by atoms with Gasteiger partial charge in [-0.1, -0.05) is 6.07 Å². The van der Waals surface area contributed by atoms with Crippen molar-refractivity contribution in [3.63, 3.8) is 0 Å². The third-order valence-corrected chi connectivity index (χ3v) is 3.79. The van der Waals surface area contributed by atoms with E-state index in [0.29, 0.717) is 24.3 Å². The Morgan fingerprint density at radius 1 is 1.42 bits per heavy atom. The van der Waals surface area contributed by atoms with Gasteiger partial charge in [0.05, 0.1) is 24.9 Å². The van der Waals surface area contributed by atoms with Gasteiger partial charge >= 0.3 is 0 Å². The van der Waals surface area contributed by atoms with Crippen LogP contribution in [0.1, 0.15) is 23.2 Å². The molecule has 132 valence electrons. The number of primary amides is 1. The van der Waals surface area contributed by atoms with Gasteiger partial charge in [0.15, 0.2) is 0 Å². The SMILES string of the molecule is NC(=O)c1cccc(NC(=O)CNCC(O)CC2(O)CCOC2)c1. The second-order valence-corrected chi connectivity index (χ2v) is 6.01. The number of benzene rings is 1. The molecule has 1 aliphatic heterocycles. The Kier molecular flexibility index (Phi) is 6.27. The quantitative estimate of drug-likeness (QED) is 0.422. The lowest BCUT2D eigenvalue weighted by molar-refractivity contribution is -0.115. The van der Waals surface area contributed by atoms with Crippen molar-refractivity contribution in [1.29, 1.82) is 0 Å². The van der Waals surface area contributed by atoms with Crippen molar-refractivity contribution in [2.75, 3.05) is 31.6 Å². The summed E-state index contributed by atoms with van der Waals surface area (Å²) in [5, 5.41) is 25.5. The minimum atomic E-state index is -0.988. The van der Waals surface area contributed by atoms with E-state index in [0.717, 1.165) is 0 Å². The lowest BCUT2D eigenvalue weighted by atomic mass is 9.95. The molecule has 2 amide bonds. The van der Waals surface area contributed by atoms with Crippen LogP contribution in [0.3, 0.4) is 0 Å². The van der Waals surface area contributed by atoms with Crippen molar-refractivity contribution in [1.82, 2.24) is 5.32 Å². The van der Waals surface area contributed by atoms with E-state index in [1.54, 1.807) is 18.2 Å². The van der Waals surface area contributed by atoms with Crippen molar-refractivity contribution in [3.05, 3.63) is 29.8 Å². The second kappa shape index (κ2) is 8.20. The highest BCUT2D eigenvalue weighted by Crippen LogP contribution is 2.23. The number of hydrogen-bond acceptors (Lipinski definition) is 6. The highest BCUT2D eigenvalue weighted by atomic mass is 16.5. The normalized spacial score (nSPS) is 21.4. The van der Waals surface area contributed by atoms with Crippen LogP contribution >= 0.6 is 0 Å². The predicted octanol–water partition coefficient (Wildman–Crippen LogP) is -0.784. The zero-order chi connectivity index (χ0) is 17.6. The summed E-state index contributed by atoms with van der Waals surface area (Å²) in [4.78, 5) is 22.9. The summed E-state index contributed by atoms with van der Waals surface area (Å²) in [6.45, 7) is 0.883. The third-order valence-electron chi connectivity index (χ3n) is 3.79. The molecule has 1 saturated heterocycles. The van der Waals surface area contributed by atoms with E-state index in [1.165, 1.54) is 6.07 Å². The van der Waals surface area contributed by atoms with E-state index in [1.807, 2.05) is 0 Å². The van der Waals surface area contributed by atoms with Gasteiger partial charge in [-0.15, -0.1) is 0 Å². The summed E-state index contributed by atoms with van der Waals surface area (Å²) < 4.78 is 5.12. The molecule has 0 radical (unpaired) electrons. The van der Waals surface area contributed by atoms with Crippen molar-refractivity contribution in [2.24, 2.45) is 5.73 Å². The fourth-order valence-electron chi connectivity index (χ4n) is 2.58. The van der Waals surface area contributed by atoms with E-state index in [9.17, 15) is 19.8 Å².